The van der Waals surface area contributed by atoms with Crippen LogP contribution in [-0.2, 0) is 22.6 Å². The molecular weight excluding hydrogens is 506 g/mol. The summed E-state index contributed by atoms with van der Waals surface area (Å²) in [6.07, 6.45) is 1.21. The van der Waals surface area contributed by atoms with Crippen LogP contribution in [0.15, 0.2) is 48.7 Å². The minimum Gasteiger partial charge on any atom is -0.493 e. The maximum Gasteiger partial charge on any atom is 0.356 e. The maximum atomic E-state index is 13.3. The van der Waals surface area contributed by atoms with Crippen molar-refractivity contribution in [2.24, 2.45) is 0 Å². The number of rotatable bonds is 4. The van der Waals surface area contributed by atoms with Crippen LogP contribution in [0, 0.1) is 0 Å². The molecule has 3 aromatic rings. The molecule has 3 aliphatic rings. The van der Waals surface area contributed by atoms with Crippen LogP contribution in [0.4, 0.5) is 0 Å². The fraction of sp³-hybridized carbons (Fsp3) is 0.333. The van der Waals surface area contributed by atoms with Crippen LogP contribution in [-0.4, -0.2) is 78.9 Å². The number of aromatic nitrogens is 2. The number of aromatic amines is 1. The third kappa shape index (κ3) is 5.96. The largest absolute Gasteiger partial charge is 0.493 e. The number of benzene rings is 2. The first-order valence-corrected chi connectivity index (χ1v) is 12.4. The molecule has 1 fully saturated rings. The molecule has 2 amide bonds. The third-order valence-electron chi connectivity index (χ3n) is 6.64. The lowest BCUT2D eigenvalue weighted by Crippen LogP contribution is -2.45. The minimum atomic E-state index is -0.499. The lowest BCUT2D eigenvalue weighted by atomic mass is 10.1. The zero-order valence-corrected chi connectivity index (χ0v) is 21.6. The van der Waals surface area contributed by atoms with Crippen molar-refractivity contribution in [3.05, 3.63) is 71.0 Å². The Hall–Kier alpha value is -4.58. The number of ether oxygens (including phenoxy) is 4. The van der Waals surface area contributed by atoms with E-state index in [-0.39, 0.29) is 42.0 Å². The van der Waals surface area contributed by atoms with Gasteiger partial charge in [0.2, 0.25) is 0 Å². The molecule has 39 heavy (non-hydrogen) atoms. The number of H-pyrrole nitrogens is 1. The van der Waals surface area contributed by atoms with Gasteiger partial charge in [-0.25, -0.2) is 4.79 Å². The fourth-order valence-corrected chi connectivity index (χ4v) is 4.63. The standard InChI is InChI=1S/C27H29N5O7/c1-36-21-8-5-17-9-22(21)38-15-24(33)28-10-16-3-6-19(7-4-16)39-23-14-32(13-20(23)30-26(17)34)12-18-11-29-31-25(18)27(35)37-2/h3-9,11,20,23H,10,12-15H2,1-2H3,(H,28,33)(H,29,31)(H,30,34)/t20-,23-/m0/s1. The van der Waals surface area contributed by atoms with Crippen LogP contribution in [0.1, 0.15) is 32.0 Å². The Kier molecular flexibility index (Phi) is 7.64. The van der Waals surface area contributed by atoms with Crippen molar-refractivity contribution < 1.29 is 33.3 Å². The Morgan fingerprint density at radius 1 is 1.13 bits per heavy atom. The lowest BCUT2D eigenvalue weighted by molar-refractivity contribution is -0.123. The molecule has 4 heterocycles. The molecule has 1 aromatic heterocycles. The average molecular weight is 536 g/mol. The summed E-state index contributed by atoms with van der Waals surface area (Å²) in [5.74, 6) is 0.187. The lowest BCUT2D eigenvalue weighted by Gasteiger charge is -2.21. The molecule has 0 aliphatic carbocycles. The number of likely N-dealkylation sites (tertiary alicyclic amines) is 1. The summed E-state index contributed by atoms with van der Waals surface area (Å²) in [4.78, 5) is 39.8. The van der Waals surface area contributed by atoms with E-state index in [1.165, 1.54) is 14.2 Å². The van der Waals surface area contributed by atoms with Gasteiger partial charge in [-0.1, -0.05) is 12.1 Å². The molecule has 0 unspecified atom stereocenters. The number of methoxy groups -OCH3 is 2. The van der Waals surface area contributed by atoms with Gasteiger partial charge in [-0.3, -0.25) is 19.6 Å². The van der Waals surface area contributed by atoms with Gasteiger partial charge in [0.1, 0.15) is 17.5 Å². The van der Waals surface area contributed by atoms with Crippen molar-refractivity contribution >= 4 is 17.8 Å². The minimum absolute atomic E-state index is 0.232. The fourth-order valence-electron chi connectivity index (χ4n) is 4.63. The number of carbonyl (C=O) groups excluding carboxylic acids is 3. The van der Waals surface area contributed by atoms with Crippen molar-refractivity contribution in [1.82, 2.24) is 25.7 Å². The molecule has 6 rings (SSSR count). The van der Waals surface area contributed by atoms with Crippen molar-refractivity contribution in [3.8, 4) is 17.2 Å². The quantitative estimate of drug-likeness (QED) is 0.421. The molecule has 2 atom stereocenters. The number of carbonyl (C=O) groups is 3. The summed E-state index contributed by atoms with van der Waals surface area (Å²) >= 11 is 0. The van der Waals surface area contributed by atoms with Gasteiger partial charge in [0, 0.05) is 37.3 Å². The molecule has 0 spiro atoms. The zero-order chi connectivity index (χ0) is 27.4. The highest BCUT2D eigenvalue weighted by molar-refractivity contribution is 5.95. The van der Waals surface area contributed by atoms with Gasteiger partial charge in [0.25, 0.3) is 11.8 Å². The first-order valence-electron chi connectivity index (χ1n) is 12.4. The number of amides is 2. The molecule has 12 nitrogen and oxygen atoms in total. The van der Waals surface area contributed by atoms with E-state index in [1.54, 1.807) is 24.4 Å². The van der Waals surface area contributed by atoms with E-state index in [0.717, 1.165) is 5.56 Å². The second-order valence-corrected chi connectivity index (χ2v) is 9.27. The average Bonchev–Trinajstić information content (AvgIpc) is 3.56. The monoisotopic (exact) mass is 535 g/mol. The van der Waals surface area contributed by atoms with Crippen molar-refractivity contribution in [1.29, 1.82) is 0 Å². The molecule has 3 aliphatic heterocycles. The van der Waals surface area contributed by atoms with Gasteiger partial charge in [-0.05, 0) is 35.9 Å². The molecule has 3 N–H and O–H groups in total. The van der Waals surface area contributed by atoms with Crippen LogP contribution in [0.2, 0.25) is 0 Å². The summed E-state index contributed by atoms with van der Waals surface area (Å²) in [7, 11) is 2.80. The van der Waals surface area contributed by atoms with Crippen LogP contribution in [0.3, 0.4) is 0 Å². The van der Waals surface area contributed by atoms with Crippen LogP contribution < -0.4 is 24.8 Å². The highest BCUT2D eigenvalue weighted by Gasteiger charge is 2.36. The van der Waals surface area contributed by atoms with E-state index in [4.69, 9.17) is 18.9 Å². The Balaban J connectivity index is 1.42. The van der Waals surface area contributed by atoms with E-state index in [1.807, 2.05) is 24.3 Å². The Morgan fingerprint density at radius 3 is 2.72 bits per heavy atom. The van der Waals surface area contributed by atoms with Gasteiger partial charge in [-0.15, -0.1) is 0 Å². The van der Waals surface area contributed by atoms with Crippen molar-refractivity contribution in [2.75, 3.05) is 33.9 Å². The predicted molar refractivity (Wildman–Crippen MR) is 138 cm³/mol. The van der Waals surface area contributed by atoms with E-state index in [9.17, 15) is 14.4 Å². The molecule has 204 valence electrons. The Labute approximate surface area is 224 Å². The van der Waals surface area contributed by atoms with Gasteiger partial charge >= 0.3 is 5.97 Å². The smallest absolute Gasteiger partial charge is 0.356 e. The van der Waals surface area contributed by atoms with E-state index >= 15 is 0 Å². The predicted octanol–water partition coefficient (Wildman–Crippen LogP) is 1.28. The van der Waals surface area contributed by atoms with E-state index in [2.05, 4.69) is 25.7 Å². The number of nitrogens with one attached hydrogen (secondary N) is 3. The molecular formula is C27H29N5O7. The summed E-state index contributed by atoms with van der Waals surface area (Å²) in [6, 6.07) is 11.8. The number of hydrogen-bond acceptors (Lipinski definition) is 9. The normalized spacial score (nSPS) is 19.6. The number of hydrogen-bond donors (Lipinski definition) is 3. The van der Waals surface area contributed by atoms with E-state index < -0.39 is 5.97 Å². The molecule has 4 bridgehead atoms. The van der Waals surface area contributed by atoms with Crippen LogP contribution in [0.25, 0.3) is 0 Å². The zero-order valence-electron chi connectivity index (χ0n) is 21.6. The Morgan fingerprint density at radius 2 is 1.95 bits per heavy atom. The highest BCUT2D eigenvalue weighted by Crippen LogP contribution is 2.29. The molecule has 0 saturated carbocycles. The van der Waals surface area contributed by atoms with Crippen LogP contribution in [0.5, 0.6) is 17.2 Å². The van der Waals surface area contributed by atoms with E-state index in [0.29, 0.717) is 48.8 Å². The van der Waals surface area contributed by atoms with Gasteiger partial charge < -0.3 is 29.6 Å². The number of esters is 1. The molecule has 0 radical (unpaired) electrons. The Bertz CT molecular complexity index is 1360. The maximum absolute atomic E-state index is 13.3. The summed E-state index contributed by atoms with van der Waals surface area (Å²) < 4.78 is 22.2. The summed E-state index contributed by atoms with van der Waals surface area (Å²) in [6.45, 7) is 1.46. The van der Waals surface area contributed by atoms with Crippen LogP contribution >= 0.6 is 0 Å². The molecule has 12 heteroatoms. The third-order valence-corrected chi connectivity index (χ3v) is 6.64. The number of nitrogens with zero attached hydrogens (tertiary/aromatic N) is 2. The SMILES string of the molecule is COC(=O)c1[nH]ncc1CN1C[C@@H]2NC(=O)c3ccc(OC)c(c3)OCC(=O)NCc3ccc(cc3)O[C@H]2C1. The van der Waals surface area contributed by atoms with Crippen molar-refractivity contribution in [2.45, 2.75) is 25.2 Å². The van der Waals surface area contributed by atoms with Crippen molar-refractivity contribution in [3.63, 3.8) is 0 Å². The number of fused-ring (bicyclic) bond motifs is 7. The molecule has 2 aromatic carbocycles. The molecule has 1 saturated heterocycles. The highest BCUT2D eigenvalue weighted by atomic mass is 16.5. The second kappa shape index (κ2) is 11.4. The van der Waals surface area contributed by atoms with Gasteiger partial charge in [0.15, 0.2) is 18.1 Å². The summed E-state index contributed by atoms with van der Waals surface area (Å²) in [5, 5.41) is 12.6. The van der Waals surface area contributed by atoms with Gasteiger partial charge in [0.05, 0.1) is 26.5 Å². The first-order chi connectivity index (χ1) is 18.9. The first kappa shape index (κ1) is 26.0. The topological polar surface area (TPSA) is 144 Å². The summed E-state index contributed by atoms with van der Waals surface area (Å²) in [5.41, 5.74) is 2.22. The second-order valence-electron chi connectivity index (χ2n) is 9.27. The van der Waals surface area contributed by atoms with Gasteiger partial charge in [-0.2, -0.15) is 5.10 Å².